The van der Waals surface area contributed by atoms with E-state index in [4.69, 9.17) is 0 Å². The normalized spacial score (nSPS) is 7.20. The molecule has 0 unspecified atom stereocenters. The summed E-state index contributed by atoms with van der Waals surface area (Å²) in [6.45, 7) is 0. The Morgan fingerprint density at radius 1 is 1.00 bits per heavy atom. The van der Waals surface area contributed by atoms with Crippen LogP contribution in [0, 0.1) is 0 Å². The lowest BCUT2D eigenvalue weighted by atomic mass is 10.8. The summed E-state index contributed by atoms with van der Waals surface area (Å²) in [4.78, 5) is 0. The summed E-state index contributed by atoms with van der Waals surface area (Å²) in [6.07, 6.45) is 6.58. The Morgan fingerprint density at radius 3 is 1.00 bits per heavy atom. The van der Waals surface area contributed by atoms with Crippen molar-refractivity contribution in [2.75, 3.05) is 18.8 Å². The van der Waals surface area contributed by atoms with E-state index in [1.165, 1.54) is 0 Å². The molecule has 0 amide bonds. The van der Waals surface area contributed by atoms with E-state index in [-0.39, 0.29) is 8.41 Å². The highest BCUT2D eigenvalue weighted by Crippen LogP contribution is 1.63. The van der Waals surface area contributed by atoms with Gasteiger partial charge in [-0.15, -0.1) is 0 Å². The van der Waals surface area contributed by atoms with Crippen molar-refractivity contribution in [3.05, 3.63) is 0 Å². The highest BCUT2D eigenvalue weighted by Gasteiger charge is 1.77. The second-order valence-corrected chi connectivity index (χ2v) is 3.67. The number of rotatable bonds is 0. The maximum Gasteiger partial charge on any atom is 0.0969 e. The molecule has 0 saturated carbocycles. The van der Waals surface area contributed by atoms with Crippen LogP contribution in [0.25, 0.3) is 0 Å². The van der Waals surface area contributed by atoms with Gasteiger partial charge in [-0.1, -0.05) is 8.41 Å². The van der Waals surface area contributed by atoms with E-state index in [0.29, 0.717) is 10.9 Å². The molecule has 0 bridgehead atoms. The molecule has 0 aromatic rings. The van der Waals surface area contributed by atoms with Gasteiger partial charge in [0, 0.05) is 0 Å². The van der Waals surface area contributed by atoms with E-state index in [1.54, 1.807) is 0 Å². The van der Waals surface area contributed by atoms with Gasteiger partial charge in [0.05, 0.1) is 18.8 Å². The zero-order chi connectivity index (χ0) is 3.58. The van der Waals surface area contributed by atoms with Crippen molar-refractivity contribution in [1.29, 1.82) is 0 Å². The molecule has 2 heteroatoms. The van der Waals surface area contributed by atoms with Crippen LogP contribution in [-0.2, 0) is 10.9 Å². The van der Waals surface area contributed by atoms with Gasteiger partial charge in [0.15, 0.2) is 0 Å². The summed E-state index contributed by atoms with van der Waals surface area (Å²) < 4.78 is 0. The predicted octanol–water partition coefficient (Wildman–Crippen LogP) is -0.958. The molecule has 0 fully saturated rings. The van der Waals surface area contributed by atoms with Crippen LogP contribution in [0.15, 0.2) is 0 Å². The molecule has 0 aromatic carbocycles. The average Bonchev–Trinajstić information content (AvgIpc) is 0.811. The van der Waals surface area contributed by atoms with Gasteiger partial charge in [-0.3, -0.25) is 0 Å². The molecule has 0 atom stereocenters. The van der Waals surface area contributed by atoms with Crippen LogP contribution in [0.3, 0.4) is 0 Å². The fourth-order valence-corrected chi connectivity index (χ4v) is 0. The van der Waals surface area contributed by atoms with Gasteiger partial charge in [-0.25, -0.2) is 0 Å². The standard InChI is InChI=1S/C3H9S.BH4/c1-4(2)3;/h1-3H3;1H4/q+1;-1. The van der Waals surface area contributed by atoms with Crippen LogP contribution in [0.1, 0.15) is 0 Å². The monoisotopic (exact) mass is 92.1 g/mol. The molecule has 0 aliphatic heterocycles. The van der Waals surface area contributed by atoms with Gasteiger partial charge in [0.1, 0.15) is 0 Å². The molecule has 34 valence electrons. The quantitative estimate of drug-likeness (QED) is 0.267. The van der Waals surface area contributed by atoms with E-state index in [2.05, 4.69) is 18.8 Å². The molecular weight excluding hydrogens is 78.9 g/mol. The Kier molecular flexibility index (Phi) is 7.99. The zero-order valence-corrected chi connectivity index (χ0v) is 4.22. The van der Waals surface area contributed by atoms with E-state index in [9.17, 15) is 0 Å². The first-order chi connectivity index (χ1) is 1.73. The van der Waals surface area contributed by atoms with E-state index >= 15 is 0 Å². The molecule has 0 N–H and O–H groups in total. The summed E-state index contributed by atoms with van der Waals surface area (Å²) in [5, 5.41) is 0. The maximum absolute atomic E-state index is 2.19. The van der Waals surface area contributed by atoms with Crippen LogP contribution in [0.2, 0.25) is 0 Å². The van der Waals surface area contributed by atoms with Crippen molar-refractivity contribution in [2.45, 2.75) is 0 Å². The summed E-state index contributed by atoms with van der Waals surface area (Å²) >= 11 is 0. The Bertz CT molecular complexity index is 11.6. The molecule has 0 radical (unpaired) electrons. The van der Waals surface area contributed by atoms with Crippen LogP contribution in [0.4, 0.5) is 0 Å². The van der Waals surface area contributed by atoms with Gasteiger partial charge in [0.2, 0.25) is 0 Å². The zero-order valence-electron chi connectivity index (χ0n) is 3.41. The lowest BCUT2D eigenvalue weighted by molar-refractivity contribution is 2.18. The first kappa shape index (κ1) is 9.05. The molecule has 0 spiro atoms. The minimum absolute atomic E-state index is 0. The van der Waals surface area contributed by atoms with Gasteiger partial charge < -0.3 is 0 Å². The third kappa shape index (κ3) is 150. The second kappa shape index (κ2) is 4.41. The largest absolute Gasteiger partial charge is 0.0969 e. The summed E-state index contributed by atoms with van der Waals surface area (Å²) in [6, 6.07) is 0. The fraction of sp³-hybridized carbons (Fsp3) is 1.00. The summed E-state index contributed by atoms with van der Waals surface area (Å²) in [5.74, 6) is 0. The van der Waals surface area contributed by atoms with E-state index in [0.717, 1.165) is 0 Å². The molecule has 0 heterocycles. The second-order valence-electron chi connectivity index (χ2n) is 1.22. The Hall–Kier alpha value is 0.415. The van der Waals surface area contributed by atoms with Crippen molar-refractivity contribution >= 4 is 19.3 Å². The van der Waals surface area contributed by atoms with E-state index in [1.807, 2.05) is 0 Å². The molecule has 0 aromatic heterocycles. The molecule has 0 nitrogen and oxygen atoms in total. The third-order valence-corrected chi connectivity index (χ3v) is 0. The molecule has 0 saturated heterocycles. The third-order valence-electron chi connectivity index (χ3n) is 0. The Morgan fingerprint density at radius 2 is 1.00 bits per heavy atom. The summed E-state index contributed by atoms with van der Waals surface area (Å²) in [5.41, 5.74) is 0. The van der Waals surface area contributed by atoms with Gasteiger partial charge in [-0.05, 0) is 10.9 Å². The topological polar surface area (TPSA) is 0 Å². The van der Waals surface area contributed by atoms with Crippen molar-refractivity contribution < 1.29 is 0 Å². The number of hydrogen-bond acceptors (Lipinski definition) is 0. The van der Waals surface area contributed by atoms with Gasteiger partial charge in [-0.2, -0.15) is 0 Å². The molecule has 5 heavy (non-hydrogen) atoms. The van der Waals surface area contributed by atoms with Crippen molar-refractivity contribution in [3.8, 4) is 0 Å². The Labute approximate surface area is 38.9 Å². The predicted molar refractivity (Wildman–Crippen MR) is 36.5 cm³/mol. The van der Waals surface area contributed by atoms with Crippen molar-refractivity contribution in [1.82, 2.24) is 0 Å². The fourth-order valence-electron chi connectivity index (χ4n) is 0. The molecular formula is C3H13BS. The minimum Gasteiger partial charge on any atom is -0.0626 e. The highest BCUT2D eigenvalue weighted by atomic mass is 32.2. The average molecular weight is 92.0 g/mol. The van der Waals surface area contributed by atoms with Crippen molar-refractivity contribution in [3.63, 3.8) is 0 Å². The van der Waals surface area contributed by atoms with Crippen LogP contribution >= 0.6 is 0 Å². The molecule has 0 aliphatic rings. The maximum atomic E-state index is 2.19. The lowest BCUT2D eigenvalue weighted by Gasteiger charge is -1.69. The smallest absolute Gasteiger partial charge is 0.0626 e. The van der Waals surface area contributed by atoms with Crippen LogP contribution in [0.5, 0.6) is 0 Å². The van der Waals surface area contributed by atoms with Gasteiger partial charge in [0.25, 0.3) is 0 Å². The molecule has 0 aliphatic carbocycles. The van der Waals surface area contributed by atoms with Gasteiger partial charge >= 0.3 is 0 Å². The number of hydrogen-bond donors (Lipinski definition) is 0. The highest BCUT2D eigenvalue weighted by molar-refractivity contribution is 7.94. The van der Waals surface area contributed by atoms with E-state index < -0.39 is 0 Å². The minimum atomic E-state index is 0. The Balaban J connectivity index is 0. The SMILES string of the molecule is C[S+](C)C.[BH4-]. The van der Waals surface area contributed by atoms with Crippen molar-refractivity contribution in [2.24, 2.45) is 0 Å². The first-order valence-corrected chi connectivity index (χ1v) is 3.67. The van der Waals surface area contributed by atoms with Crippen LogP contribution in [-0.4, -0.2) is 27.2 Å². The summed E-state index contributed by atoms with van der Waals surface area (Å²) in [7, 11) is 0.639. The van der Waals surface area contributed by atoms with Crippen LogP contribution < -0.4 is 0 Å². The molecule has 0 rings (SSSR count). The first-order valence-electron chi connectivity index (χ1n) is 1.22. The lowest BCUT2D eigenvalue weighted by Crippen LogP contribution is -1.84.